The monoisotopic (exact) mass is 599 g/mol. The Hall–Kier alpha value is -4.25. The molecule has 17 heteroatoms. The van der Waals surface area contributed by atoms with Gasteiger partial charge in [-0.25, -0.2) is 9.36 Å². The summed E-state index contributed by atoms with van der Waals surface area (Å²) in [6.07, 6.45) is 6.83. The molecule has 2 aliphatic heterocycles. The fraction of sp³-hybridized carbons (Fsp3) is 0.417. The van der Waals surface area contributed by atoms with Crippen LogP contribution in [0.4, 0.5) is 10.9 Å². The van der Waals surface area contributed by atoms with Crippen molar-refractivity contribution in [2.45, 2.75) is 56.2 Å². The lowest BCUT2D eigenvalue weighted by molar-refractivity contribution is -0.662. The number of carbonyl (C=O) groups excluding carboxylic acids is 2. The van der Waals surface area contributed by atoms with Crippen LogP contribution in [-0.2, 0) is 25.8 Å². The van der Waals surface area contributed by atoms with E-state index >= 15 is 0 Å². The van der Waals surface area contributed by atoms with Crippen LogP contribution in [0.1, 0.15) is 38.4 Å². The Morgan fingerprint density at radius 1 is 1.34 bits per heavy atom. The number of carboxylic acids is 1. The van der Waals surface area contributed by atoms with E-state index in [9.17, 15) is 19.5 Å². The summed E-state index contributed by atoms with van der Waals surface area (Å²) in [5.74, 6) is -1.80. The smallest absolute Gasteiger partial charge is 0.352 e. The number of β-lactam (4-membered cyclic amide) rings is 1. The highest BCUT2D eigenvalue weighted by Gasteiger charge is 2.54. The molecule has 2 amide bonds. The van der Waals surface area contributed by atoms with Gasteiger partial charge >= 0.3 is 11.6 Å². The van der Waals surface area contributed by atoms with Gasteiger partial charge in [0.1, 0.15) is 29.3 Å². The summed E-state index contributed by atoms with van der Waals surface area (Å²) < 4.78 is 7.42. The number of carbonyl (C=O) groups is 3. The second-order valence-electron chi connectivity index (χ2n) is 10.2. The quantitative estimate of drug-likeness (QED) is 0.118. The molecule has 3 aromatic heterocycles. The first-order valence-corrected chi connectivity index (χ1v) is 14.7. The summed E-state index contributed by atoms with van der Waals surface area (Å²) in [5.41, 5.74) is 12.2. The molecule has 1 saturated heterocycles. The van der Waals surface area contributed by atoms with Crippen LogP contribution in [0.2, 0.25) is 0 Å². The van der Waals surface area contributed by atoms with Gasteiger partial charge in [-0.05, 0) is 38.7 Å². The lowest BCUT2D eigenvalue weighted by atomic mass is 10.0. The van der Waals surface area contributed by atoms with Crippen LogP contribution >= 0.6 is 23.3 Å². The van der Waals surface area contributed by atoms with Gasteiger partial charge in [0.05, 0.1) is 6.20 Å². The number of carboxylic acid groups (broad SMARTS) is 1. The summed E-state index contributed by atoms with van der Waals surface area (Å²) in [7, 11) is 0. The number of nitrogens with one attached hydrogen (secondary N) is 1. The summed E-state index contributed by atoms with van der Waals surface area (Å²) in [4.78, 5) is 50.1. The summed E-state index contributed by atoms with van der Waals surface area (Å²) in [6, 6.07) is 2.58. The number of thioether (sulfide) groups is 1. The molecule has 0 aromatic carbocycles. The number of nitrogens with two attached hydrogens (primary N) is 2. The number of hydrogen-bond donors (Lipinski definition) is 4. The third kappa shape index (κ3) is 4.84. The van der Waals surface area contributed by atoms with Crippen molar-refractivity contribution in [2.24, 2.45) is 5.16 Å². The van der Waals surface area contributed by atoms with E-state index in [1.54, 1.807) is 27.5 Å². The van der Waals surface area contributed by atoms with Gasteiger partial charge in [-0.2, -0.15) is 9.36 Å². The third-order valence-corrected chi connectivity index (χ3v) is 9.22. The summed E-state index contributed by atoms with van der Waals surface area (Å²) >= 11 is 2.26. The molecule has 0 spiro atoms. The molecule has 6 N–H and O–H groups in total. The first-order chi connectivity index (χ1) is 19.6. The molecule has 3 aliphatic rings. The molecule has 5 heterocycles. The molecule has 41 heavy (non-hydrogen) atoms. The minimum absolute atomic E-state index is 0.00879. The van der Waals surface area contributed by atoms with Crippen molar-refractivity contribution in [3.63, 3.8) is 0 Å². The predicted molar refractivity (Wildman–Crippen MR) is 148 cm³/mol. The lowest BCUT2D eigenvalue weighted by Crippen LogP contribution is -2.71. The number of rotatable bonds is 8. The second-order valence-corrected chi connectivity index (χ2v) is 12.1. The van der Waals surface area contributed by atoms with Crippen molar-refractivity contribution in [1.29, 1.82) is 0 Å². The number of aromatic nitrogens is 5. The first kappa shape index (κ1) is 26.9. The number of imidazole rings is 1. The Balaban J connectivity index is 1.23. The zero-order valence-electron chi connectivity index (χ0n) is 21.9. The highest BCUT2D eigenvalue weighted by atomic mass is 32.2. The maximum absolute atomic E-state index is 13.4. The average Bonchev–Trinajstić information content (AvgIpc) is 3.66. The van der Waals surface area contributed by atoms with Crippen molar-refractivity contribution in [3.8, 4) is 0 Å². The molecule has 0 unspecified atom stereocenters. The molecule has 214 valence electrons. The Kier molecular flexibility index (Phi) is 6.77. The Bertz CT molecular complexity index is 1630. The number of amides is 2. The molecule has 0 bridgehead atoms. The number of anilines is 2. The number of nitrogen functional groups attached to an aromatic ring is 2. The normalized spacial score (nSPS) is 22.0. The van der Waals surface area contributed by atoms with Crippen LogP contribution in [0.15, 0.2) is 41.0 Å². The highest BCUT2D eigenvalue weighted by molar-refractivity contribution is 8.00. The minimum Gasteiger partial charge on any atom is -0.477 e. The van der Waals surface area contributed by atoms with Gasteiger partial charge in [-0.15, -0.1) is 11.8 Å². The van der Waals surface area contributed by atoms with Gasteiger partial charge in [-0.1, -0.05) is 14.8 Å². The Morgan fingerprint density at radius 2 is 2.12 bits per heavy atom. The van der Waals surface area contributed by atoms with Crippen molar-refractivity contribution < 1.29 is 28.9 Å². The number of hydrogen-bond acceptors (Lipinski definition) is 12. The van der Waals surface area contributed by atoms with Gasteiger partial charge in [0.2, 0.25) is 11.5 Å². The molecule has 2 atom stereocenters. The van der Waals surface area contributed by atoms with E-state index in [-0.39, 0.29) is 28.9 Å². The molecule has 3 aromatic rings. The molecule has 6 rings (SSSR count). The van der Waals surface area contributed by atoms with E-state index in [4.69, 9.17) is 16.3 Å². The Morgan fingerprint density at radius 3 is 2.83 bits per heavy atom. The highest BCUT2D eigenvalue weighted by Crippen LogP contribution is 2.40. The number of oxime groups is 1. The second kappa shape index (κ2) is 10.3. The first-order valence-electron chi connectivity index (χ1n) is 12.8. The minimum atomic E-state index is -1.23. The molecule has 1 aliphatic carbocycles. The third-order valence-electron chi connectivity index (χ3n) is 7.34. The van der Waals surface area contributed by atoms with Gasteiger partial charge in [0, 0.05) is 28.9 Å². The van der Waals surface area contributed by atoms with Crippen LogP contribution in [0, 0.1) is 0 Å². The predicted octanol–water partition coefficient (Wildman–Crippen LogP) is 0.130. The Labute approximate surface area is 241 Å². The molecule has 15 nitrogen and oxygen atoms in total. The van der Waals surface area contributed by atoms with Gasteiger partial charge < -0.3 is 26.7 Å². The van der Waals surface area contributed by atoms with Crippen LogP contribution in [0.25, 0.3) is 5.65 Å². The zero-order valence-corrected chi connectivity index (χ0v) is 23.5. The molecule has 1 saturated carbocycles. The molecule has 0 radical (unpaired) electrons. The maximum Gasteiger partial charge on any atom is 0.352 e. The van der Waals surface area contributed by atoms with Gasteiger partial charge in [-0.3, -0.25) is 14.5 Å². The largest absolute Gasteiger partial charge is 0.477 e. The van der Waals surface area contributed by atoms with Crippen molar-refractivity contribution >= 4 is 63.4 Å². The van der Waals surface area contributed by atoms with E-state index < -0.39 is 34.8 Å². The van der Waals surface area contributed by atoms with Crippen LogP contribution in [0.5, 0.6) is 0 Å². The average molecular weight is 600 g/mol. The van der Waals surface area contributed by atoms with E-state index in [0.717, 1.165) is 37.2 Å². The van der Waals surface area contributed by atoms with E-state index in [0.29, 0.717) is 22.8 Å². The van der Waals surface area contributed by atoms with E-state index in [2.05, 4.69) is 24.9 Å². The van der Waals surface area contributed by atoms with Gasteiger partial charge in [0.25, 0.3) is 17.6 Å². The lowest BCUT2D eigenvalue weighted by Gasteiger charge is -2.49. The maximum atomic E-state index is 13.4. The summed E-state index contributed by atoms with van der Waals surface area (Å²) in [5, 5.41) is 20.6. The zero-order chi connectivity index (χ0) is 28.9. The SMILES string of the molecule is CC1(O/N=C(\C(=O)N[C@@H]2C(=O)N3C(C(=O)O)=C(C[n+]4cc(N)n5ncccc54)CS[C@H]23)c2nsc(N)n2)CCCC1. The number of aliphatic carboxylic acids is 1. The summed E-state index contributed by atoms with van der Waals surface area (Å²) in [6.45, 7) is 2.11. The fourth-order valence-corrected chi connectivity index (χ4v) is 7.06. The number of fused-ring (bicyclic) bond motifs is 2. The fourth-order valence-electron chi connectivity index (χ4n) is 5.29. The van der Waals surface area contributed by atoms with Crippen LogP contribution < -0.4 is 21.4 Å². The van der Waals surface area contributed by atoms with Crippen molar-refractivity contribution in [3.05, 3.63) is 41.6 Å². The van der Waals surface area contributed by atoms with Crippen molar-refractivity contribution in [2.75, 3.05) is 17.2 Å². The van der Waals surface area contributed by atoms with E-state index in [1.807, 2.05) is 13.0 Å². The molecular weight excluding hydrogens is 572 g/mol. The topological polar surface area (TPSA) is 207 Å². The van der Waals surface area contributed by atoms with Crippen LogP contribution in [-0.4, -0.2) is 75.2 Å². The number of nitrogens with zero attached hydrogens (tertiary/aromatic N) is 7. The standard InChI is InChI=1S/C24H26N10O5S2/c1-24(6-2-3-7-24)39-30-15(18-29-23(26)41-31-18)19(35)28-16-20(36)33-17(22(37)38)12(11-40-21(16)33)9-32-10-13(25)34-14(32)5-4-8-27-34/h4-5,8,10,16,21H,2-3,6-7,9,11H2,1H3,(H5-,25,26,27,28,29,31,35,37,38)/p+1/b30-15-/t16-,21-/m1/s1. The molecule has 2 fully saturated rings. The van der Waals surface area contributed by atoms with E-state index in [1.165, 1.54) is 16.7 Å². The molecular formula is C24H27N10O5S2+. The van der Waals surface area contributed by atoms with Crippen LogP contribution in [0.3, 0.4) is 0 Å². The van der Waals surface area contributed by atoms with Gasteiger partial charge in [0.15, 0.2) is 11.3 Å². The van der Waals surface area contributed by atoms with Crippen molar-refractivity contribution in [1.82, 2.24) is 29.2 Å².